The maximum atomic E-state index is 8.37. The van der Waals surface area contributed by atoms with Gasteiger partial charge in [0.25, 0.3) is 0 Å². The first kappa shape index (κ1) is 8.71. The highest BCUT2D eigenvalue weighted by Gasteiger charge is 2.04. The van der Waals surface area contributed by atoms with Crippen molar-refractivity contribution in [1.82, 2.24) is 4.98 Å². The lowest BCUT2D eigenvalue weighted by Gasteiger charge is -2.06. The van der Waals surface area contributed by atoms with E-state index in [2.05, 4.69) is 24.0 Å². The molecule has 0 atom stereocenters. The quantitative estimate of drug-likeness (QED) is 0.413. The van der Waals surface area contributed by atoms with Crippen LogP contribution in [0.3, 0.4) is 0 Å². The zero-order valence-corrected chi connectivity index (χ0v) is 7.23. The van der Waals surface area contributed by atoms with Crippen LogP contribution in [-0.2, 0) is 0 Å². The molecule has 1 rings (SSSR count). The van der Waals surface area contributed by atoms with Crippen molar-refractivity contribution in [3.8, 4) is 0 Å². The molecule has 0 bridgehead atoms. The minimum Gasteiger partial charge on any atom is -0.411 e. The van der Waals surface area contributed by atoms with E-state index in [4.69, 9.17) is 5.21 Å². The molecule has 64 valence electrons. The molecular formula is C9H12N2O. The zero-order chi connectivity index (χ0) is 8.97. The highest BCUT2D eigenvalue weighted by molar-refractivity contribution is 5.80. The average molecular weight is 164 g/mol. The summed E-state index contributed by atoms with van der Waals surface area (Å²) in [4.78, 5) is 4.19. The third-order valence-corrected chi connectivity index (χ3v) is 1.61. The molecule has 0 aliphatic rings. The molecule has 0 saturated carbocycles. The molecule has 1 aromatic heterocycles. The number of pyridine rings is 1. The molecule has 0 spiro atoms. The first-order valence-corrected chi connectivity index (χ1v) is 3.88. The smallest absolute Gasteiger partial charge is 0.0752 e. The molecule has 0 fully saturated rings. The van der Waals surface area contributed by atoms with Crippen LogP contribution in [0.4, 0.5) is 0 Å². The van der Waals surface area contributed by atoms with Crippen molar-refractivity contribution in [2.75, 3.05) is 0 Å². The van der Waals surface area contributed by atoms with Crippen molar-refractivity contribution in [2.45, 2.75) is 19.8 Å². The van der Waals surface area contributed by atoms with Gasteiger partial charge in [0.2, 0.25) is 0 Å². The first-order valence-electron chi connectivity index (χ1n) is 3.88. The van der Waals surface area contributed by atoms with E-state index in [9.17, 15) is 0 Å². The number of oxime groups is 1. The Morgan fingerprint density at radius 1 is 1.58 bits per heavy atom. The summed E-state index contributed by atoms with van der Waals surface area (Å²) in [6.45, 7) is 4.11. The lowest BCUT2D eigenvalue weighted by molar-refractivity contribution is 0.322. The summed E-state index contributed by atoms with van der Waals surface area (Å²) in [6.07, 6.45) is 3.15. The summed E-state index contributed by atoms with van der Waals surface area (Å²) in [5.74, 6) is 0.346. The standard InChI is InChI=1S/C9H12N2O/c1-7(2)9-8(6-11-12)4-3-5-10-9/h3-7,12H,1-2H3. The molecular weight excluding hydrogens is 152 g/mol. The maximum absolute atomic E-state index is 8.37. The van der Waals surface area contributed by atoms with Gasteiger partial charge in [0.1, 0.15) is 0 Å². The van der Waals surface area contributed by atoms with Crippen molar-refractivity contribution in [3.63, 3.8) is 0 Å². The summed E-state index contributed by atoms with van der Waals surface area (Å²) < 4.78 is 0. The van der Waals surface area contributed by atoms with Crippen LogP contribution in [0, 0.1) is 0 Å². The Balaban J connectivity index is 3.08. The van der Waals surface area contributed by atoms with Crippen molar-refractivity contribution in [1.29, 1.82) is 0 Å². The normalized spacial score (nSPS) is 11.2. The van der Waals surface area contributed by atoms with Crippen LogP contribution < -0.4 is 0 Å². The number of rotatable bonds is 2. The van der Waals surface area contributed by atoms with Crippen LogP contribution in [0.2, 0.25) is 0 Å². The third-order valence-electron chi connectivity index (χ3n) is 1.61. The minimum atomic E-state index is 0.346. The number of hydrogen-bond donors (Lipinski definition) is 1. The molecule has 1 heterocycles. The van der Waals surface area contributed by atoms with Gasteiger partial charge in [-0.2, -0.15) is 0 Å². The van der Waals surface area contributed by atoms with Gasteiger partial charge >= 0.3 is 0 Å². The molecule has 1 aromatic rings. The van der Waals surface area contributed by atoms with Gasteiger partial charge in [-0.05, 0) is 18.1 Å². The second-order valence-corrected chi connectivity index (χ2v) is 2.88. The van der Waals surface area contributed by atoms with Crippen molar-refractivity contribution >= 4 is 6.21 Å². The largest absolute Gasteiger partial charge is 0.411 e. The van der Waals surface area contributed by atoms with E-state index in [1.165, 1.54) is 6.21 Å². The Kier molecular flexibility index (Phi) is 2.80. The second kappa shape index (κ2) is 3.85. The molecule has 1 N–H and O–H groups in total. The summed E-state index contributed by atoms with van der Waals surface area (Å²) in [5.41, 5.74) is 1.82. The van der Waals surface area contributed by atoms with Crippen LogP contribution in [0.15, 0.2) is 23.5 Å². The lowest BCUT2D eigenvalue weighted by Crippen LogP contribution is -1.98. The van der Waals surface area contributed by atoms with E-state index in [1.54, 1.807) is 6.20 Å². The first-order chi connectivity index (χ1) is 5.75. The second-order valence-electron chi connectivity index (χ2n) is 2.88. The summed E-state index contributed by atoms with van der Waals surface area (Å²) in [6, 6.07) is 3.70. The van der Waals surface area contributed by atoms with Crippen molar-refractivity contribution < 1.29 is 5.21 Å². The highest BCUT2D eigenvalue weighted by Crippen LogP contribution is 2.14. The van der Waals surface area contributed by atoms with Gasteiger partial charge < -0.3 is 5.21 Å². The predicted octanol–water partition coefficient (Wildman–Crippen LogP) is 2.01. The van der Waals surface area contributed by atoms with Gasteiger partial charge in [0, 0.05) is 11.8 Å². The SMILES string of the molecule is CC(C)c1ncccc1C=NO. The predicted molar refractivity (Wildman–Crippen MR) is 47.7 cm³/mol. The van der Waals surface area contributed by atoms with Gasteiger partial charge in [-0.1, -0.05) is 19.0 Å². The fourth-order valence-corrected chi connectivity index (χ4v) is 1.08. The lowest BCUT2D eigenvalue weighted by atomic mass is 10.1. The average Bonchev–Trinajstić information content (AvgIpc) is 2.05. The molecule has 0 aromatic carbocycles. The molecule has 3 nitrogen and oxygen atoms in total. The highest BCUT2D eigenvalue weighted by atomic mass is 16.4. The minimum absolute atomic E-state index is 0.346. The Hall–Kier alpha value is -1.38. The van der Waals surface area contributed by atoms with Gasteiger partial charge in [-0.15, -0.1) is 0 Å². The van der Waals surface area contributed by atoms with E-state index >= 15 is 0 Å². The molecule has 12 heavy (non-hydrogen) atoms. The van der Waals surface area contributed by atoms with E-state index in [1.807, 2.05) is 12.1 Å². The Bertz CT molecular complexity index is 282. The maximum Gasteiger partial charge on any atom is 0.0752 e. The van der Waals surface area contributed by atoms with E-state index < -0.39 is 0 Å². The van der Waals surface area contributed by atoms with E-state index in [-0.39, 0.29) is 0 Å². The number of nitrogens with zero attached hydrogens (tertiary/aromatic N) is 2. The molecule has 0 unspecified atom stereocenters. The van der Waals surface area contributed by atoms with Crippen molar-refractivity contribution in [2.24, 2.45) is 5.16 Å². The van der Waals surface area contributed by atoms with Gasteiger partial charge in [-0.25, -0.2) is 0 Å². The third kappa shape index (κ3) is 1.81. The van der Waals surface area contributed by atoms with E-state index in [0.717, 1.165) is 11.3 Å². The molecule has 0 aliphatic carbocycles. The van der Waals surface area contributed by atoms with Crippen LogP contribution in [0.5, 0.6) is 0 Å². The van der Waals surface area contributed by atoms with Crippen LogP contribution in [0.1, 0.15) is 31.0 Å². The molecule has 0 aliphatic heterocycles. The summed E-state index contributed by atoms with van der Waals surface area (Å²) in [5, 5.41) is 11.4. The van der Waals surface area contributed by atoms with Crippen LogP contribution >= 0.6 is 0 Å². The Morgan fingerprint density at radius 3 is 2.92 bits per heavy atom. The van der Waals surface area contributed by atoms with Gasteiger partial charge in [-0.3, -0.25) is 4.98 Å². The number of hydrogen-bond acceptors (Lipinski definition) is 3. The summed E-state index contributed by atoms with van der Waals surface area (Å²) >= 11 is 0. The Labute approximate surface area is 71.8 Å². The van der Waals surface area contributed by atoms with Crippen LogP contribution in [0.25, 0.3) is 0 Å². The van der Waals surface area contributed by atoms with Gasteiger partial charge in [0.15, 0.2) is 0 Å². The van der Waals surface area contributed by atoms with Crippen LogP contribution in [-0.4, -0.2) is 16.4 Å². The van der Waals surface area contributed by atoms with Crippen molar-refractivity contribution in [3.05, 3.63) is 29.6 Å². The zero-order valence-electron chi connectivity index (χ0n) is 7.23. The number of aromatic nitrogens is 1. The Morgan fingerprint density at radius 2 is 2.33 bits per heavy atom. The molecule has 0 saturated heterocycles. The fraction of sp³-hybridized carbons (Fsp3) is 0.333. The summed E-state index contributed by atoms with van der Waals surface area (Å²) in [7, 11) is 0. The van der Waals surface area contributed by atoms with E-state index in [0.29, 0.717) is 5.92 Å². The molecule has 3 heteroatoms. The van der Waals surface area contributed by atoms with Gasteiger partial charge in [0.05, 0.1) is 11.9 Å². The monoisotopic (exact) mass is 164 g/mol. The fourth-order valence-electron chi connectivity index (χ4n) is 1.08. The molecule has 0 amide bonds. The topological polar surface area (TPSA) is 45.5 Å². The molecule has 0 radical (unpaired) electrons.